The van der Waals surface area contributed by atoms with E-state index in [4.69, 9.17) is 10.8 Å². The van der Waals surface area contributed by atoms with Crippen LogP contribution in [0.5, 0.6) is 0 Å². The molecule has 0 aromatic heterocycles. The molecular formula is C7H10N2O4. The minimum Gasteiger partial charge on any atom is -0.474 e. The molecule has 6 heteroatoms. The first-order valence-electron chi connectivity index (χ1n) is 3.87. The average Bonchev–Trinajstić information content (AvgIpc) is 2.50. The van der Waals surface area contributed by atoms with E-state index in [0.717, 1.165) is 4.90 Å². The molecule has 1 heterocycles. The first kappa shape index (κ1) is 9.50. The van der Waals surface area contributed by atoms with E-state index >= 15 is 0 Å². The number of nitrogens with zero attached hydrogens (tertiary/aromatic N) is 1. The van der Waals surface area contributed by atoms with E-state index in [9.17, 15) is 14.4 Å². The van der Waals surface area contributed by atoms with Gasteiger partial charge in [-0.2, -0.15) is 0 Å². The second kappa shape index (κ2) is 3.42. The van der Waals surface area contributed by atoms with Crippen LogP contribution in [0.1, 0.15) is 12.8 Å². The smallest absolute Gasteiger partial charge is 0.394 e. The number of rotatable bonds is 1. The highest BCUT2D eigenvalue weighted by molar-refractivity contribution is 6.31. The molecule has 1 atom stereocenters. The molecule has 0 spiro atoms. The van der Waals surface area contributed by atoms with Crippen molar-refractivity contribution in [2.24, 2.45) is 5.73 Å². The Morgan fingerprint density at radius 3 is 2.46 bits per heavy atom. The van der Waals surface area contributed by atoms with E-state index in [2.05, 4.69) is 0 Å². The Kier molecular flexibility index (Phi) is 2.50. The number of hydrogen-bond donors (Lipinski definition) is 2. The number of carbonyl (C=O) groups is 3. The molecule has 1 aliphatic rings. The predicted octanol–water partition coefficient (Wildman–Crippen LogP) is -1.45. The number of carbonyl (C=O) groups excluding carboxylic acids is 2. The predicted molar refractivity (Wildman–Crippen MR) is 41.6 cm³/mol. The lowest BCUT2D eigenvalue weighted by Gasteiger charge is -2.19. The number of carboxylic acid groups (broad SMARTS) is 1. The van der Waals surface area contributed by atoms with Crippen LogP contribution in [0.3, 0.4) is 0 Å². The van der Waals surface area contributed by atoms with Gasteiger partial charge in [-0.3, -0.25) is 9.59 Å². The van der Waals surface area contributed by atoms with Crippen molar-refractivity contribution in [2.45, 2.75) is 18.9 Å². The number of aliphatic carboxylic acids is 1. The van der Waals surface area contributed by atoms with Gasteiger partial charge in [0.1, 0.15) is 6.04 Å². The summed E-state index contributed by atoms with van der Waals surface area (Å²) in [6.07, 6.45) is 1.07. The third-order valence-electron chi connectivity index (χ3n) is 2.03. The zero-order valence-electron chi connectivity index (χ0n) is 6.90. The molecule has 1 rings (SSSR count). The SMILES string of the molecule is NC(=O)C1CCCN1C(=O)C(=O)O. The molecule has 0 saturated carbocycles. The second-order valence-corrected chi connectivity index (χ2v) is 2.86. The summed E-state index contributed by atoms with van der Waals surface area (Å²) >= 11 is 0. The summed E-state index contributed by atoms with van der Waals surface area (Å²) in [5, 5.41) is 8.40. The average molecular weight is 186 g/mol. The Morgan fingerprint density at radius 1 is 1.38 bits per heavy atom. The normalized spacial score (nSPS) is 21.5. The molecular weight excluding hydrogens is 176 g/mol. The van der Waals surface area contributed by atoms with E-state index in [1.165, 1.54) is 0 Å². The largest absolute Gasteiger partial charge is 0.474 e. The monoisotopic (exact) mass is 186 g/mol. The molecule has 1 saturated heterocycles. The lowest BCUT2D eigenvalue weighted by atomic mass is 10.2. The van der Waals surface area contributed by atoms with Crippen LogP contribution in [0.15, 0.2) is 0 Å². The topological polar surface area (TPSA) is 101 Å². The van der Waals surface area contributed by atoms with Gasteiger partial charge in [0.15, 0.2) is 0 Å². The quantitative estimate of drug-likeness (QED) is 0.489. The Hall–Kier alpha value is -1.59. The number of primary amides is 1. The maximum Gasteiger partial charge on any atom is 0.394 e. The Morgan fingerprint density at radius 2 is 2.00 bits per heavy atom. The van der Waals surface area contributed by atoms with Crippen molar-refractivity contribution in [1.82, 2.24) is 4.90 Å². The number of likely N-dealkylation sites (tertiary alicyclic amines) is 1. The van der Waals surface area contributed by atoms with Gasteiger partial charge in [-0.25, -0.2) is 4.79 Å². The Balaban J connectivity index is 2.74. The van der Waals surface area contributed by atoms with Crippen LogP contribution >= 0.6 is 0 Å². The number of nitrogens with two attached hydrogens (primary N) is 1. The summed E-state index contributed by atoms with van der Waals surface area (Å²) in [6, 6.07) is -0.747. The van der Waals surface area contributed by atoms with E-state index < -0.39 is 23.8 Å². The van der Waals surface area contributed by atoms with Crippen LogP contribution in [0, 0.1) is 0 Å². The molecule has 0 aromatic rings. The Labute approximate surface area is 74.3 Å². The van der Waals surface area contributed by atoms with Gasteiger partial charge >= 0.3 is 11.9 Å². The second-order valence-electron chi connectivity index (χ2n) is 2.86. The first-order valence-corrected chi connectivity index (χ1v) is 3.87. The number of carboxylic acids is 1. The molecule has 0 bridgehead atoms. The van der Waals surface area contributed by atoms with Crippen LogP contribution in [-0.4, -0.2) is 40.4 Å². The van der Waals surface area contributed by atoms with E-state index in [-0.39, 0.29) is 0 Å². The van der Waals surface area contributed by atoms with Gasteiger partial charge in [0.25, 0.3) is 0 Å². The lowest BCUT2D eigenvalue weighted by molar-refractivity contribution is -0.157. The molecule has 0 radical (unpaired) electrons. The van der Waals surface area contributed by atoms with E-state index in [0.29, 0.717) is 19.4 Å². The number of amides is 2. The standard InChI is InChI=1S/C7H10N2O4/c8-5(10)4-2-1-3-9(4)6(11)7(12)13/h4H,1-3H2,(H2,8,10)(H,12,13). The maximum atomic E-state index is 11.0. The molecule has 2 amide bonds. The molecule has 0 aliphatic carbocycles. The van der Waals surface area contributed by atoms with Gasteiger partial charge in [0.05, 0.1) is 0 Å². The third kappa shape index (κ3) is 1.77. The first-order chi connectivity index (χ1) is 6.04. The van der Waals surface area contributed by atoms with Gasteiger partial charge in [0.2, 0.25) is 5.91 Å². The minimum atomic E-state index is -1.55. The fourth-order valence-electron chi connectivity index (χ4n) is 1.43. The van der Waals surface area contributed by atoms with Crippen LogP contribution in [0.4, 0.5) is 0 Å². The van der Waals surface area contributed by atoms with Gasteiger partial charge in [-0.05, 0) is 12.8 Å². The summed E-state index contributed by atoms with van der Waals surface area (Å²) in [6.45, 7) is 0.290. The summed E-state index contributed by atoms with van der Waals surface area (Å²) in [5.41, 5.74) is 5.00. The zero-order chi connectivity index (χ0) is 10.0. The van der Waals surface area contributed by atoms with Crippen LogP contribution in [0.2, 0.25) is 0 Å². The van der Waals surface area contributed by atoms with Crippen LogP contribution in [-0.2, 0) is 14.4 Å². The van der Waals surface area contributed by atoms with Crippen molar-refractivity contribution >= 4 is 17.8 Å². The van der Waals surface area contributed by atoms with Crippen molar-refractivity contribution in [1.29, 1.82) is 0 Å². The van der Waals surface area contributed by atoms with E-state index in [1.54, 1.807) is 0 Å². The maximum absolute atomic E-state index is 11.0. The molecule has 13 heavy (non-hydrogen) atoms. The van der Waals surface area contributed by atoms with Crippen LogP contribution in [0.25, 0.3) is 0 Å². The van der Waals surface area contributed by atoms with Crippen molar-refractivity contribution < 1.29 is 19.5 Å². The molecule has 0 aromatic carbocycles. The Bertz CT molecular complexity index is 263. The third-order valence-corrected chi connectivity index (χ3v) is 2.03. The molecule has 6 nitrogen and oxygen atoms in total. The van der Waals surface area contributed by atoms with Gasteiger partial charge in [0, 0.05) is 6.54 Å². The lowest BCUT2D eigenvalue weighted by Crippen LogP contribution is -2.46. The highest BCUT2D eigenvalue weighted by Gasteiger charge is 2.35. The minimum absolute atomic E-state index is 0.290. The van der Waals surface area contributed by atoms with E-state index in [1.807, 2.05) is 0 Å². The highest BCUT2D eigenvalue weighted by atomic mass is 16.4. The molecule has 1 aliphatic heterocycles. The summed E-state index contributed by atoms with van der Waals surface area (Å²) < 4.78 is 0. The van der Waals surface area contributed by atoms with Gasteiger partial charge in [-0.15, -0.1) is 0 Å². The highest BCUT2D eigenvalue weighted by Crippen LogP contribution is 2.16. The number of hydrogen-bond acceptors (Lipinski definition) is 3. The summed E-state index contributed by atoms with van der Waals surface area (Å²) in [4.78, 5) is 33.1. The molecule has 1 fully saturated rings. The molecule has 1 unspecified atom stereocenters. The summed E-state index contributed by atoms with van der Waals surface area (Å²) in [7, 11) is 0. The molecule has 72 valence electrons. The fraction of sp³-hybridized carbons (Fsp3) is 0.571. The van der Waals surface area contributed by atoms with Gasteiger partial charge < -0.3 is 15.7 Å². The van der Waals surface area contributed by atoms with Crippen molar-refractivity contribution in [3.05, 3.63) is 0 Å². The fourth-order valence-corrected chi connectivity index (χ4v) is 1.43. The van der Waals surface area contributed by atoms with Gasteiger partial charge in [-0.1, -0.05) is 0 Å². The van der Waals surface area contributed by atoms with Crippen molar-refractivity contribution in [3.8, 4) is 0 Å². The zero-order valence-corrected chi connectivity index (χ0v) is 6.90. The van der Waals surface area contributed by atoms with Crippen molar-refractivity contribution in [3.63, 3.8) is 0 Å². The van der Waals surface area contributed by atoms with Crippen molar-refractivity contribution in [2.75, 3.05) is 6.54 Å². The van der Waals surface area contributed by atoms with Crippen LogP contribution < -0.4 is 5.73 Å². The molecule has 3 N–H and O–H groups in total. The summed E-state index contributed by atoms with van der Waals surface area (Å²) in [5.74, 6) is -3.25.